The molecule has 0 saturated carbocycles. The van der Waals surface area contributed by atoms with Crippen molar-refractivity contribution in [3.8, 4) is 17.2 Å². The number of hydrogen-bond donors (Lipinski definition) is 0. The summed E-state index contributed by atoms with van der Waals surface area (Å²) in [5.41, 5.74) is 3.74. The molecule has 0 saturated heterocycles. The topological polar surface area (TPSA) is 27.7 Å². The van der Waals surface area contributed by atoms with E-state index in [-0.39, 0.29) is 5.41 Å². The molecule has 0 atom stereocenters. The first-order valence-corrected chi connectivity index (χ1v) is 9.65. The highest BCUT2D eigenvalue weighted by atomic mass is 16.5. The van der Waals surface area contributed by atoms with E-state index in [1.54, 1.807) is 21.3 Å². The third-order valence-electron chi connectivity index (χ3n) is 4.85. The van der Waals surface area contributed by atoms with Gasteiger partial charge in [0.15, 0.2) is 0 Å². The van der Waals surface area contributed by atoms with E-state index >= 15 is 0 Å². The second-order valence-corrected chi connectivity index (χ2v) is 8.40. The molecule has 2 rings (SSSR count). The van der Waals surface area contributed by atoms with Gasteiger partial charge in [-0.2, -0.15) is 0 Å². The van der Waals surface area contributed by atoms with Crippen LogP contribution in [0.4, 0.5) is 0 Å². The summed E-state index contributed by atoms with van der Waals surface area (Å²) in [6.07, 6.45) is 2.86. The molecule has 148 valence electrons. The summed E-state index contributed by atoms with van der Waals surface area (Å²) in [6, 6.07) is 12.6. The van der Waals surface area contributed by atoms with Crippen LogP contribution in [0.1, 0.15) is 44.4 Å². The van der Waals surface area contributed by atoms with Crippen LogP contribution in [0.3, 0.4) is 0 Å². The zero-order valence-electron chi connectivity index (χ0n) is 17.9. The standard InChI is InChI=1S/C24H34O3/c1-17(2)13-19-12-11-18(14-23(19)27-7)15-24(3,4)16-20-21(25-5)9-8-10-22(20)26-6/h8-12,14,17H,13,15-16H2,1-7H3. The zero-order chi connectivity index (χ0) is 20.0. The Morgan fingerprint density at radius 2 is 1.41 bits per heavy atom. The number of hydrogen-bond acceptors (Lipinski definition) is 3. The Morgan fingerprint density at radius 3 is 1.93 bits per heavy atom. The molecule has 0 aliphatic rings. The summed E-state index contributed by atoms with van der Waals surface area (Å²) in [7, 11) is 5.18. The maximum Gasteiger partial charge on any atom is 0.125 e. The summed E-state index contributed by atoms with van der Waals surface area (Å²) in [6.45, 7) is 9.04. The van der Waals surface area contributed by atoms with Gasteiger partial charge in [0, 0.05) is 5.56 Å². The van der Waals surface area contributed by atoms with Crippen LogP contribution in [-0.4, -0.2) is 21.3 Å². The number of benzene rings is 2. The molecule has 0 spiro atoms. The predicted molar refractivity (Wildman–Crippen MR) is 112 cm³/mol. The van der Waals surface area contributed by atoms with Crippen molar-refractivity contribution in [1.29, 1.82) is 0 Å². The Bertz CT molecular complexity index is 725. The Morgan fingerprint density at radius 1 is 0.815 bits per heavy atom. The van der Waals surface area contributed by atoms with Crippen LogP contribution in [-0.2, 0) is 19.3 Å². The molecule has 0 fully saturated rings. The van der Waals surface area contributed by atoms with Crippen molar-refractivity contribution in [2.75, 3.05) is 21.3 Å². The monoisotopic (exact) mass is 370 g/mol. The predicted octanol–water partition coefficient (Wildman–Crippen LogP) is 5.72. The Labute approximate surface area is 164 Å². The molecule has 0 amide bonds. The average molecular weight is 371 g/mol. The highest BCUT2D eigenvalue weighted by molar-refractivity contribution is 5.45. The summed E-state index contributed by atoms with van der Waals surface area (Å²) in [5.74, 6) is 3.37. The Kier molecular flexibility index (Phi) is 7.18. The fourth-order valence-electron chi connectivity index (χ4n) is 3.70. The van der Waals surface area contributed by atoms with Crippen LogP contribution >= 0.6 is 0 Å². The summed E-state index contributed by atoms with van der Waals surface area (Å²) in [4.78, 5) is 0. The van der Waals surface area contributed by atoms with Gasteiger partial charge in [-0.3, -0.25) is 0 Å². The molecule has 0 aliphatic heterocycles. The first-order chi connectivity index (χ1) is 12.8. The molecule has 0 unspecified atom stereocenters. The maximum absolute atomic E-state index is 5.65. The van der Waals surface area contributed by atoms with Crippen molar-refractivity contribution in [2.45, 2.75) is 47.0 Å². The van der Waals surface area contributed by atoms with Gasteiger partial charge in [0.1, 0.15) is 17.2 Å². The molecule has 27 heavy (non-hydrogen) atoms. The minimum Gasteiger partial charge on any atom is -0.496 e. The summed E-state index contributed by atoms with van der Waals surface area (Å²) < 4.78 is 16.8. The van der Waals surface area contributed by atoms with Crippen molar-refractivity contribution in [3.05, 3.63) is 53.1 Å². The second-order valence-electron chi connectivity index (χ2n) is 8.40. The first kappa shape index (κ1) is 21.1. The normalized spacial score (nSPS) is 11.6. The van der Waals surface area contributed by atoms with Gasteiger partial charge in [0.2, 0.25) is 0 Å². The van der Waals surface area contributed by atoms with E-state index in [1.807, 2.05) is 18.2 Å². The fraction of sp³-hybridized carbons (Fsp3) is 0.500. The molecule has 0 N–H and O–H groups in total. The van der Waals surface area contributed by atoms with E-state index in [2.05, 4.69) is 45.9 Å². The number of ether oxygens (including phenoxy) is 3. The van der Waals surface area contributed by atoms with Crippen LogP contribution in [0.5, 0.6) is 17.2 Å². The molecule has 2 aromatic carbocycles. The van der Waals surface area contributed by atoms with Gasteiger partial charge in [-0.15, -0.1) is 0 Å². The lowest BCUT2D eigenvalue weighted by Gasteiger charge is -2.27. The van der Waals surface area contributed by atoms with Crippen LogP contribution < -0.4 is 14.2 Å². The van der Waals surface area contributed by atoms with Crippen LogP contribution in [0, 0.1) is 11.3 Å². The molecular weight excluding hydrogens is 336 g/mol. The highest BCUT2D eigenvalue weighted by Gasteiger charge is 2.24. The molecule has 3 nitrogen and oxygen atoms in total. The second kappa shape index (κ2) is 9.16. The lowest BCUT2D eigenvalue weighted by Crippen LogP contribution is -2.19. The van der Waals surface area contributed by atoms with Gasteiger partial charge in [-0.1, -0.05) is 45.9 Å². The van der Waals surface area contributed by atoms with E-state index in [9.17, 15) is 0 Å². The molecule has 0 heterocycles. The minimum atomic E-state index is 0.0481. The van der Waals surface area contributed by atoms with Gasteiger partial charge in [0.05, 0.1) is 21.3 Å². The van der Waals surface area contributed by atoms with Gasteiger partial charge in [-0.05, 0) is 59.9 Å². The third kappa shape index (κ3) is 5.66. The maximum atomic E-state index is 5.65. The molecule has 0 radical (unpaired) electrons. The molecule has 0 aliphatic carbocycles. The van der Waals surface area contributed by atoms with Crippen LogP contribution in [0.15, 0.2) is 36.4 Å². The molecule has 2 aromatic rings. The summed E-state index contributed by atoms with van der Waals surface area (Å²) >= 11 is 0. The van der Waals surface area contributed by atoms with E-state index < -0.39 is 0 Å². The zero-order valence-corrected chi connectivity index (χ0v) is 17.9. The number of rotatable bonds is 9. The Hall–Kier alpha value is -2.16. The fourth-order valence-corrected chi connectivity index (χ4v) is 3.70. The summed E-state index contributed by atoms with van der Waals surface area (Å²) in [5, 5.41) is 0. The molecule has 0 bridgehead atoms. The first-order valence-electron chi connectivity index (χ1n) is 9.65. The van der Waals surface area contributed by atoms with Crippen molar-refractivity contribution >= 4 is 0 Å². The van der Waals surface area contributed by atoms with Crippen molar-refractivity contribution < 1.29 is 14.2 Å². The molecule has 3 heteroatoms. The van der Waals surface area contributed by atoms with Crippen LogP contribution in [0.25, 0.3) is 0 Å². The van der Waals surface area contributed by atoms with Gasteiger partial charge >= 0.3 is 0 Å². The van der Waals surface area contributed by atoms with Gasteiger partial charge in [0.25, 0.3) is 0 Å². The lowest BCUT2D eigenvalue weighted by atomic mass is 9.79. The van der Waals surface area contributed by atoms with Crippen molar-refractivity contribution in [2.24, 2.45) is 11.3 Å². The largest absolute Gasteiger partial charge is 0.496 e. The van der Waals surface area contributed by atoms with Crippen molar-refractivity contribution in [1.82, 2.24) is 0 Å². The average Bonchev–Trinajstić information content (AvgIpc) is 2.62. The van der Waals surface area contributed by atoms with Gasteiger partial charge in [-0.25, -0.2) is 0 Å². The van der Waals surface area contributed by atoms with E-state index in [0.717, 1.165) is 42.1 Å². The van der Waals surface area contributed by atoms with Crippen molar-refractivity contribution in [3.63, 3.8) is 0 Å². The van der Waals surface area contributed by atoms with E-state index in [1.165, 1.54) is 11.1 Å². The molecule has 0 aromatic heterocycles. The lowest BCUT2D eigenvalue weighted by molar-refractivity contribution is 0.331. The number of methoxy groups -OCH3 is 3. The molecular formula is C24H34O3. The minimum absolute atomic E-state index is 0.0481. The van der Waals surface area contributed by atoms with E-state index in [0.29, 0.717) is 5.92 Å². The smallest absolute Gasteiger partial charge is 0.125 e. The Balaban J connectivity index is 2.24. The van der Waals surface area contributed by atoms with E-state index in [4.69, 9.17) is 14.2 Å². The van der Waals surface area contributed by atoms with Gasteiger partial charge < -0.3 is 14.2 Å². The highest BCUT2D eigenvalue weighted by Crippen LogP contribution is 2.37. The van der Waals surface area contributed by atoms with Crippen LogP contribution in [0.2, 0.25) is 0 Å². The third-order valence-corrected chi connectivity index (χ3v) is 4.85. The SMILES string of the molecule is COc1cc(CC(C)(C)Cc2c(OC)cccc2OC)ccc1CC(C)C. The quantitative estimate of drug-likeness (QED) is 0.565.